The van der Waals surface area contributed by atoms with Crippen LogP contribution in [0.1, 0.15) is 37.5 Å². The van der Waals surface area contributed by atoms with E-state index in [2.05, 4.69) is 29.8 Å². The molecule has 0 heterocycles. The van der Waals surface area contributed by atoms with Gasteiger partial charge in [0.25, 0.3) is 0 Å². The Labute approximate surface area is 112 Å². The predicted molar refractivity (Wildman–Crippen MR) is 75.8 cm³/mol. The number of halogens is 1. The zero-order chi connectivity index (χ0) is 13.0. The van der Waals surface area contributed by atoms with Crippen LogP contribution in [0.4, 0.5) is 0 Å². The lowest BCUT2D eigenvalue weighted by molar-refractivity contribution is 0.0988. The lowest BCUT2D eigenvalue weighted by Crippen LogP contribution is -2.24. The Morgan fingerprint density at radius 1 is 1.35 bits per heavy atom. The fourth-order valence-electron chi connectivity index (χ4n) is 2.10. The van der Waals surface area contributed by atoms with Crippen molar-refractivity contribution in [3.8, 4) is 0 Å². The Hall–Kier alpha value is -0.380. The normalized spacial score (nSPS) is 15.0. The van der Waals surface area contributed by atoms with Crippen molar-refractivity contribution in [1.82, 2.24) is 0 Å². The van der Waals surface area contributed by atoms with Crippen molar-refractivity contribution in [2.75, 3.05) is 6.54 Å². The highest BCUT2D eigenvalue weighted by Gasteiger charge is 2.22. The molecule has 2 unspecified atom stereocenters. The number of aliphatic hydroxyl groups is 1. The molecular weight excluding hydrogens is 278 g/mol. The van der Waals surface area contributed by atoms with Crippen molar-refractivity contribution < 1.29 is 5.11 Å². The highest BCUT2D eigenvalue weighted by atomic mass is 79.9. The maximum Gasteiger partial charge on any atom is 0.0841 e. The molecule has 0 amide bonds. The van der Waals surface area contributed by atoms with E-state index < -0.39 is 6.10 Å². The van der Waals surface area contributed by atoms with E-state index in [-0.39, 0.29) is 5.92 Å². The number of nitrogens with two attached hydrogens (primary N) is 1. The molecule has 0 saturated heterocycles. The van der Waals surface area contributed by atoms with Crippen molar-refractivity contribution in [2.45, 2.75) is 33.3 Å². The summed E-state index contributed by atoms with van der Waals surface area (Å²) < 4.78 is 0.956. The van der Waals surface area contributed by atoms with Crippen LogP contribution < -0.4 is 5.73 Å². The second-order valence-electron chi connectivity index (χ2n) is 5.10. The van der Waals surface area contributed by atoms with Crippen molar-refractivity contribution >= 4 is 15.9 Å². The summed E-state index contributed by atoms with van der Waals surface area (Å²) in [5.74, 6) is 0.662. The van der Waals surface area contributed by atoms with Crippen LogP contribution in [0.3, 0.4) is 0 Å². The molecule has 2 nitrogen and oxygen atoms in total. The Bertz CT molecular complexity index is 365. The molecule has 96 valence electrons. The first kappa shape index (κ1) is 14.7. The first-order valence-electron chi connectivity index (χ1n) is 6.09. The molecule has 0 bridgehead atoms. The second kappa shape index (κ2) is 6.53. The Balaban J connectivity index is 2.92. The van der Waals surface area contributed by atoms with Crippen molar-refractivity contribution in [3.05, 3.63) is 33.8 Å². The summed E-state index contributed by atoms with van der Waals surface area (Å²) in [4.78, 5) is 0. The van der Waals surface area contributed by atoms with Gasteiger partial charge in [-0.3, -0.25) is 0 Å². The maximum absolute atomic E-state index is 10.4. The molecule has 1 aromatic rings. The summed E-state index contributed by atoms with van der Waals surface area (Å²) >= 11 is 3.49. The van der Waals surface area contributed by atoms with Gasteiger partial charge in [0.1, 0.15) is 0 Å². The van der Waals surface area contributed by atoms with Gasteiger partial charge in [0.15, 0.2) is 0 Å². The summed E-state index contributed by atoms with van der Waals surface area (Å²) in [6.45, 7) is 6.85. The fraction of sp³-hybridized carbons (Fsp3) is 0.571. The lowest BCUT2D eigenvalue weighted by atomic mass is 9.88. The summed E-state index contributed by atoms with van der Waals surface area (Å²) in [7, 11) is 0. The Kier molecular flexibility index (Phi) is 5.63. The standard InChI is InChI=1S/C14H22BrNO/c1-9(2)6-11(8-16)14(17)12-7-10(3)4-5-13(12)15/h4-5,7,9,11,14,17H,6,8,16H2,1-3H3. The molecule has 3 N–H and O–H groups in total. The molecule has 1 aromatic carbocycles. The van der Waals surface area contributed by atoms with Gasteiger partial charge in [-0.15, -0.1) is 0 Å². The topological polar surface area (TPSA) is 46.2 Å². The van der Waals surface area contributed by atoms with Gasteiger partial charge in [-0.05, 0) is 37.4 Å². The number of hydrogen-bond donors (Lipinski definition) is 2. The van der Waals surface area contributed by atoms with Crippen LogP contribution in [0.25, 0.3) is 0 Å². The van der Waals surface area contributed by atoms with E-state index in [0.717, 1.165) is 22.0 Å². The Morgan fingerprint density at radius 2 is 2.00 bits per heavy atom. The van der Waals surface area contributed by atoms with E-state index in [4.69, 9.17) is 5.73 Å². The molecule has 0 aliphatic heterocycles. The number of hydrogen-bond acceptors (Lipinski definition) is 2. The second-order valence-corrected chi connectivity index (χ2v) is 5.95. The molecule has 0 aliphatic rings. The number of aryl methyl sites for hydroxylation is 1. The summed E-state index contributed by atoms with van der Waals surface area (Å²) in [6.07, 6.45) is 0.453. The highest BCUT2D eigenvalue weighted by Crippen LogP contribution is 2.32. The van der Waals surface area contributed by atoms with Gasteiger partial charge in [-0.1, -0.05) is 47.5 Å². The van der Waals surface area contributed by atoms with Crippen LogP contribution >= 0.6 is 15.9 Å². The smallest absolute Gasteiger partial charge is 0.0841 e. The molecule has 0 aliphatic carbocycles. The van der Waals surface area contributed by atoms with Crippen molar-refractivity contribution in [1.29, 1.82) is 0 Å². The lowest BCUT2D eigenvalue weighted by Gasteiger charge is -2.24. The van der Waals surface area contributed by atoms with Gasteiger partial charge in [0, 0.05) is 10.4 Å². The number of rotatable bonds is 5. The van der Waals surface area contributed by atoms with Crippen LogP contribution in [0.2, 0.25) is 0 Å². The molecule has 0 radical (unpaired) electrons. The highest BCUT2D eigenvalue weighted by molar-refractivity contribution is 9.10. The van der Waals surface area contributed by atoms with Crippen LogP contribution in [0.15, 0.2) is 22.7 Å². The van der Waals surface area contributed by atoms with E-state index in [1.165, 1.54) is 0 Å². The molecule has 0 saturated carbocycles. The van der Waals surface area contributed by atoms with Gasteiger partial charge in [0.05, 0.1) is 6.10 Å². The minimum Gasteiger partial charge on any atom is -0.388 e. The third-order valence-electron chi connectivity index (χ3n) is 2.99. The van der Waals surface area contributed by atoms with Gasteiger partial charge in [-0.25, -0.2) is 0 Å². The monoisotopic (exact) mass is 299 g/mol. The summed E-state index contributed by atoms with van der Waals surface area (Å²) in [6, 6.07) is 6.04. The number of aliphatic hydroxyl groups excluding tert-OH is 1. The van der Waals surface area contributed by atoms with Crippen LogP contribution in [-0.2, 0) is 0 Å². The van der Waals surface area contributed by atoms with Gasteiger partial charge >= 0.3 is 0 Å². The third kappa shape index (κ3) is 4.09. The molecule has 2 atom stereocenters. The SMILES string of the molecule is Cc1ccc(Br)c(C(O)C(CN)CC(C)C)c1. The molecular formula is C14H22BrNO. The minimum atomic E-state index is -0.489. The predicted octanol–water partition coefficient (Wildman–Crippen LogP) is 3.41. The van der Waals surface area contributed by atoms with Crippen LogP contribution in [0.5, 0.6) is 0 Å². The summed E-state index contributed by atoms with van der Waals surface area (Å²) in [5.41, 5.74) is 7.87. The van der Waals surface area contributed by atoms with Crippen LogP contribution in [-0.4, -0.2) is 11.7 Å². The molecule has 0 aromatic heterocycles. The largest absolute Gasteiger partial charge is 0.388 e. The quantitative estimate of drug-likeness (QED) is 0.875. The van der Waals surface area contributed by atoms with Gasteiger partial charge in [-0.2, -0.15) is 0 Å². The minimum absolute atomic E-state index is 0.119. The average molecular weight is 300 g/mol. The molecule has 17 heavy (non-hydrogen) atoms. The zero-order valence-corrected chi connectivity index (χ0v) is 12.4. The van der Waals surface area contributed by atoms with Crippen molar-refractivity contribution in [2.24, 2.45) is 17.6 Å². The first-order valence-corrected chi connectivity index (χ1v) is 6.89. The maximum atomic E-state index is 10.4. The van der Waals surface area contributed by atoms with E-state index in [9.17, 15) is 5.11 Å². The molecule has 3 heteroatoms. The fourth-order valence-corrected chi connectivity index (χ4v) is 2.58. The van der Waals surface area contributed by atoms with Crippen molar-refractivity contribution in [3.63, 3.8) is 0 Å². The summed E-state index contributed by atoms with van der Waals surface area (Å²) in [5, 5.41) is 10.4. The Morgan fingerprint density at radius 3 is 2.53 bits per heavy atom. The van der Waals surface area contributed by atoms with E-state index in [1.807, 2.05) is 25.1 Å². The van der Waals surface area contributed by atoms with Gasteiger partial charge in [0.2, 0.25) is 0 Å². The first-order chi connectivity index (χ1) is 7.95. The van der Waals surface area contributed by atoms with Crippen LogP contribution in [0, 0.1) is 18.8 Å². The molecule has 0 spiro atoms. The third-order valence-corrected chi connectivity index (χ3v) is 3.72. The average Bonchev–Trinajstić information content (AvgIpc) is 2.28. The zero-order valence-electron chi connectivity index (χ0n) is 10.8. The molecule has 0 fully saturated rings. The van der Waals surface area contributed by atoms with E-state index in [1.54, 1.807) is 0 Å². The molecule has 1 rings (SSSR count). The van der Waals surface area contributed by atoms with E-state index in [0.29, 0.717) is 12.5 Å². The van der Waals surface area contributed by atoms with E-state index >= 15 is 0 Å². The van der Waals surface area contributed by atoms with Gasteiger partial charge < -0.3 is 10.8 Å². The number of benzene rings is 1.